The minimum Gasteiger partial charge on any atom is -0.326 e. The molecule has 0 radical (unpaired) electrons. The Morgan fingerprint density at radius 1 is 1.05 bits per heavy atom. The van der Waals surface area contributed by atoms with Crippen LogP contribution in [0.5, 0.6) is 0 Å². The Kier molecular flexibility index (Phi) is 6.40. The molecule has 1 atom stereocenters. The predicted octanol–water partition coefficient (Wildman–Crippen LogP) is 0.707. The number of anilines is 3. The summed E-state index contributed by atoms with van der Waals surface area (Å²) in [7, 11) is -0.713. The van der Waals surface area contributed by atoms with Crippen LogP contribution >= 0.6 is 0 Å². The van der Waals surface area contributed by atoms with Crippen LogP contribution in [0.3, 0.4) is 0 Å². The maximum atomic E-state index is 12.8. The first kappa shape index (κ1) is 25.7. The monoisotopic (exact) mass is 539 g/mol. The van der Waals surface area contributed by atoms with Gasteiger partial charge in [-0.2, -0.15) is 4.98 Å². The number of imidazole rings is 1. The van der Waals surface area contributed by atoms with Crippen molar-refractivity contribution in [3.05, 3.63) is 29.5 Å². The van der Waals surface area contributed by atoms with Crippen molar-refractivity contribution in [2.45, 2.75) is 37.1 Å². The van der Waals surface area contributed by atoms with Crippen LogP contribution in [-0.2, 0) is 26.5 Å². The zero-order chi connectivity index (χ0) is 27.4. The van der Waals surface area contributed by atoms with Gasteiger partial charge in [0.25, 0.3) is 5.91 Å². The Labute approximate surface area is 220 Å². The molecule has 0 bridgehead atoms. The first-order valence-corrected chi connectivity index (χ1v) is 14.1. The second-order valence-corrected chi connectivity index (χ2v) is 11.9. The van der Waals surface area contributed by atoms with Crippen molar-refractivity contribution < 1.29 is 22.8 Å². The number of amides is 3. The zero-order valence-corrected chi connectivity index (χ0v) is 22.1. The first-order chi connectivity index (χ1) is 17.9. The smallest absolute Gasteiger partial charge is 0.276 e. The van der Waals surface area contributed by atoms with Crippen LogP contribution in [0.25, 0.3) is 0 Å². The third kappa shape index (κ3) is 5.09. The molecule has 200 valence electrons. The third-order valence-corrected chi connectivity index (χ3v) is 7.75. The average molecular weight is 540 g/mol. The molecule has 38 heavy (non-hydrogen) atoms. The summed E-state index contributed by atoms with van der Waals surface area (Å²) in [5, 5.41) is 5.54. The van der Waals surface area contributed by atoms with E-state index in [1.807, 2.05) is 0 Å². The highest BCUT2D eigenvalue weighted by Gasteiger charge is 2.39. The van der Waals surface area contributed by atoms with Gasteiger partial charge < -0.3 is 25.0 Å². The molecular formula is C25H29N7O5S. The predicted molar refractivity (Wildman–Crippen MR) is 140 cm³/mol. The van der Waals surface area contributed by atoms with Crippen LogP contribution < -0.4 is 21.3 Å². The van der Waals surface area contributed by atoms with E-state index in [1.54, 1.807) is 23.1 Å². The molecule has 12 nitrogen and oxygen atoms in total. The standard InChI is InChI=1S/C25H29N7O5S/c1-30-19-20(29-25(30)38(3,36)37)32(24(26)31(2)23(19)35)10-4-5-14-11-17(27-21(33)15-6-7-15)13-18(12-14)28-22(34)16-8-9-16/h11-13,15-16,24H,6-10,26H2,1-3H3,(H,27,33)(H,28,34). The molecule has 2 aliphatic carbocycles. The largest absolute Gasteiger partial charge is 0.326 e. The van der Waals surface area contributed by atoms with Crippen molar-refractivity contribution in [1.82, 2.24) is 14.5 Å². The van der Waals surface area contributed by atoms with Gasteiger partial charge in [0, 0.05) is 49.1 Å². The molecule has 2 fully saturated rings. The Morgan fingerprint density at radius 3 is 2.11 bits per heavy atom. The maximum Gasteiger partial charge on any atom is 0.276 e. The Bertz CT molecular complexity index is 1470. The number of rotatable bonds is 6. The lowest BCUT2D eigenvalue weighted by atomic mass is 10.1. The summed E-state index contributed by atoms with van der Waals surface area (Å²) in [4.78, 5) is 44.6. The molecule has 1 aromatic heterocycles. The number of nitrogens with zero attached hydrogens (tertiary/aromatic N) is 4. The van der Waals surface area contributed by atoms with Crippen molar-refractivity contribution in [1.29, 1.82) is 0 Å². The highest BCUT2D eigenvalue weighted by Crippen LogP contribution is 2.33. The second kappa shape index (κ2) is 9.45. The van der Waals surface area contributed by atoms with Gasteiger partial charge in [-0.1, -0.05) is 11.8 Å². The van der Waals surface area contributed by atoms with Crippen LogP contribution in [0.15, 0.2) is 23.4 Å². The summed E-state index contributed by atoms with van der Waals surface area (Å²) in [6.45, 7) is 0.0361. The topological polar surface area (TPSA) is 160 Å². The first-order valence-electron chi connectivity index (χ1n) is 12.3. The highest BCUT2D eigenvalue weighted by atomic mass is 32.2. The van der Waals surface area contributed by atoms with Crippen molar-refractivity contribution in [3.63, 3.8) is 0 Å². The number of hydrogen-bond donors (Lipinski definition) is 3. The van der Waals surface area contributed by atoms with Crippen molar-refractivity contribution in [3.8, 4) is 11.8 Å². The molecule has 2 aromatic rings. The second-order valence-electron chi connectivity index (χ2n) is 9.98. The van der Waals surface area contributed by atoms with E-state index in [0.29, 0.717) is 16.9 Å². The Morgan fingerprint density at radius 2 is 1.61 bits per heavy atom. The summed E-state index contributed by atoms with van der Waals surface area (Å²) in [5.41, 5.74) is 7.99. The van der Waals surface area contributed by atoms with Crippen molar-refractivity contribution in [2.75, 3.05) is 35.4 Å². The minimum atomic E-state index is -3.70. The average Bonchev–Trinajstić information content (AvgIpc) is 3.75. The highest BCUT2D eigenvalue weighted by molar-refractivity contribution is 7.90. The van der Waals surface area contributed by atoms with Gasteiger partial charge in [-0.3, -0.25) is 20.1 Å². The van der Waals surface area contributed by atoms with E-state index in [9.17, 15) is 22.8 Å². The van der Waals surface area contributed by atoms with Gasteiger partial charge in [0.15, 0.2) is 17.8 Å². The van der Waals surface area contributed by atoms with E-state index in [1.165, 1.54) is 23.6 Å². The van der Waals surface area contributed by atoms with Crippen LogP contribution in [0.1, 0.15) is 41.7 Å². The van der Waals surface area contributed by atoms with E-state index in [2.05, 4.69) is 27.5 Å². The molecule has 1 aromatic carbocycles. The number of nitrogens with two attached hydrogens (primary N) is 1. The Hall–Kier alpha value is -3.89. The van der Waals surface area contributed by atoms with Crippen LogP contribution in [-0.4, -0.2) is 66.7 Å². The quantitative estimate of drug-likeness (QED) is 0.453. The fourth-order valence-electron chi connectivity index (χ4n) is 4.28. The SMILES string of the molecule is CN1C(=O)c2c(nc(S(C)(=O)=O)n2C)N(CC#Cc2cc(NC(=O)C3CC3)cc(NC(=O)C3CC3)c2)C1N. The fraction of sp³-hybridized carbons (Fsp3) is 0.440. The summed E-state index contributed by atoms with van der Waals surface area (Å²) in [5.74, 6) is 5.63. The number of fused-ring (bicyclic) bond motifs is 1. The third-order valence-electron chi connectivity index (χ3n) is 6.72. The van der Waals surface area contributed by atoms with Gasteiger partial charge in [-0.05, 0) is 43.9 Å². The van der Waals surface area contributed by atoms with Crippen molar-refractivity contribution in [2.24, 2.45) is 24.6 Å². The summed E-state index contributed by atoms with van der Waals surface area (Å²) >= 11 is 0. The molecule has 1 unspecified atom stereocenters. The van der Waals surface area contributed by atoms with Crippen molar-refractivity contribution >= 4 is 44.8 Å². The number of sulfone groups is 1. The number of aromatic nitrogens is 2. The minimum absolute atomic E-state index is 0.0129. The summed E-state index contributed by atoms with van der Waals surface area (Å²) in [6.07, 6.45) is 3.55. The number of carbonyl (C=O) groups excluding carboxylic acids is 3. The summed E-state index contributed by atoms with van der Waals surface area (Å²) < 4.78 is 25.7. The van der Waals surface area contributed by atoms with Gasteiger partial charge in [0.1, 0.15) is 0 Å². The molecule has 13 heteroatoms. The normalized spacial score (nSPS) is 18.9. The summed E-state index contributed by atoms with van der Waals surface area (Å²) in [6, 6.07) is 5.15. The molecule has 0 saturated heterocycles. The van der Waals surface area contributed by atoms with Gasteiger partial charge in [0.2, 0.25) is 26.8 Å². The number of nitrogens with one attached hydrogen (secondary N) is 2. The van der Waals surface area contributed by atoms with Crippen LogP contribution in [0.2, 0.25) is 0 Å². The molecule has 3 amide bonds. The van der Waals surface area contributed by atoms with Gasteiger partial charge in [-0.15, -0.1) is 0 Å². The number of carbonyl (C=O) groups is 3. The molecule has 2 saturated carbocycles. The van der Waals surface area contributed by atoms with E-state index in [4.69, 9.17) is 5.73 Å². The fourth-order valence-corrected chi connectivity index (χ4v) is 5.12. The van der Waals surface area contributed by atoms with E-state index in [0.717, 1.165) is 31.9 Å². The van der Waals surface area contributed by atoms with Gasteiger partial charge >= 0.3 is 0 Å². The van der Waals surface area contributed by atoms with Crippen LogP contribution in [0, 0.1) is 23.7 Å². The molecule has 5 rings (SSSR count). The molecule has 3 aliphatic rings. The number of hydrogen-bond acceptors (Lipinski definition) is 8. The molecule has 0 spiro atoms. The van der Waals surface area contributed by atoms with Gasteiger partial charge in [-0.25, -0.2) is 8.42 Å². The molecule has 2 heterocycles. The number of benzene rings is 1. The zero-order valence-electron chi connectivity index (χ0n) is 21.3. The van der Waals surface area contributed by atoms with E-state index < -0.39 is 22.0 Å². The van der Waals surface area contributed by atoms with Crippen LogP contribution in [0.4, 0.5) is 17.2 Å². The van der Waals surface area contributed by atoms with Gasteiger partial charge in [0.05, 0.1) is 6.54 Å². The molecule has 4 N–H and O–H groups in total. The lowest BCUT2D eigenvalue weighted by molar-refractivity contribution is -0.118. The Balaban J connectivity index is 1.44. The lowest BCUT2D eigenvalue weighted by Gasteiger charge is -2.38. The lowest BCUT2D eigenvalue weighted by Crippen LogP contribution is -2.59. The molecule has 1 aliphatic heterocycles. The van der Waals surface area contributed by atoms with E-state index in [-0.39, 0.29) is 46.9 Å². The van der Waals surface area contributed by atoms with E-state index >= 15 is 0 Å². The maximum absolute atomic E-state index is 12.8. The molecular weight excluding hydrogens is 510 g/mol.